The van der Waals surface area contributed by atoms with Gasteiger partial charge in [0.1, 0.15) is 6.67 Å². The fourth-order valence-corrected chi connectivity index (χ4v) is 1.98. The Bertz CT molecular complexity index is 384. The number of hydrogen-bond donors (Lipinski definition) is 1. The van der Waals surface area contributed by atoms with Gasteiger partial charge in [-0.3, -0.25) is 4.99 Å². The summed E-state index contributed by atoms with van der Waals surface area (Å²) in [6, 6.07) is 6.33. The summed E-state index contributed by atoms with van der Waals surface area (Å²) in [5.74, 6) is 0.397. The molecule has 15 heavy (non-hydrogen) atoms. The maximum absolute atomic E-state index is 5.73. The van der Waals surface area contributed by atoms with Crippen molar-refractivity contribution in [2.75, 3.05) is 25.2 Å². The lowest BCUT2D eigenvalue weighted by Gasteiger charge is -2.27. The number of nitrogens with two attached hydrogens (primary N) is 1. The predicted molar refractivity (Wildman–Crippen MR) is 64.8 cm³/mol. The Morgan fingerprint density at radius 3 is 3.07 bits per heavy atom. The minimum atomic E-state index is 0.397. The number of hydrogen-bond acceptors (Lipinski definition) is 3. The Morgan fingerprint density at radius 1 is 1.53 bits per heavy atom. The summed E-state index contributed by atoms with van der Waals surface area (Å²) in [7, 11) is 2.07. The van der Waals surface area contributed by atoms with Gasteiger partial charge in [-0.05, 0) is 18.0 Å². The Kier molecular flexibility index (Phi) is 2.73. The van der Waals surface area contributed by atoms with E-state index in [9.17, 15) is 0 Å². The van der Waals surface area contributed by atoms with E-state index in [-0.39, 0.29) is 0 Å². The van der Waals surface area contributed by atoms with Gasteiger partial charge in [0.15, 0.2) is 0 Å². The van der Waals surface area contributed by atoms with Gasteiger partial charge in [0.2, 0.25) is 0 Å². The topological polar surface area (TPSA) is 41.6 Å². The van der Waals surface area contributed by atoms with Gasteiger partial charge in [0.05, 0.1) is 5.69 Å². The second-order valence-corrected chi connectivity index (χ2v) is 4.07. The second kappa shape index (κ2) is 4.03. The molecule has 1 heterocycles. The summed E-state index contributed by atoms with van der Waals surface area (Å²) < 4.78 is 0. The summed E-state index contributed by atoms with van der Waals surface area (Å²) in [6.07, 6.45) is 1.95. The lowest BCUT2D eigenvalue weighted by atomic mass is 9.95. The first kappa shape index (κ1) is 10.2. The van der Waals surface area contributed by atoms with Crippen LogP contribution in [0.15, 0.2) is 23.2 Å². The zero-order valence-electron chi connectivity index (χ0n) is 9.27. The summed E-state index contributed by atoms with van der Waals surface area (Å²) in [4.78, 5) is 6.47. The van der Waals surface area contributed by atoms with Crippen molar-refractivity contribution < 1.29 is 0 Å². The molecule has 3 heteroatoms. The van der Waals surface area contributed by atoms with Crippen LogP contribution in [0.4, 0.5) is 5.69 Å². The van der Waals surface area contributed by atoms with Gasteiger partial charge in [-0.2, -0.15) is 0 Å². The van der Waals surface area contributed by atoms with E-state index >= 15 is 0 Å². The Balaban J connectivity index is 2.52. The van der Waals surface area contributed by atoms with Crippen LogP contribution in [0.2, 0.25) is 0 Å². The predicted octanol–water partition coefficient (Wildman–Crippen LogP) is 1.58. The molecule has 1 atom stereocenters. The molecule has 0 radical (unpaired) electrons. The number of aliphatic imine (C=N–C) groups is 1. The third-order valence-electron chi connectivity index (χ3n) is 2.89. The molecule has 3 nitrogen and oxygen atoms in total. The fourth-order valence-electron chi connectivity index (χ4n) is 1.98. The van der Waals surface area contributed by atoms with Crippen LogP contribution in [0.25, 0.3) is 0 Å². The smallest absolute Gasteiger partial charge is 0.109 e. The lowest BCUT2D eigenvalue weighted by molar-refractivity contribution is 0.764. The van der Waals surface area contributed by atoms with Crippen LogP contribution in [0, 0.1) is 0 Å². The molecule has 0 unspecified atom stereocenters. The molecule has 1 aromatic rings. The standard InChI is InChI=1S/C12H17N3/c1-9(6-13)11-5-3-4-10-7-14-8-15(2)12(10)11/h3-5,7,9H,6,8,13H2,1-2H3/t9-/m1/s1. The minimum absolute atomic E-state index is 0.397. The van der Waals surface area contributed by atoms with Crippen LogP contribution < -0.4 is 10.6 Å². The van der Waals surface area contributed by atoms with E-state index in [1.54, 1.807) is 0 Å². The van der Waals surface area contributed by atoms with Gasteiger partial charge in [-0.25, -0.2) is 0 Å². The van der Waals surface area contributed by atoms with Gasteiger partial charge in [-0.1, -0.05) is 25.1 Å². The highest BCUT2D eigenvalue weighted by atomic mass is 15.2. The third kappa shape index (κ3) is 1.75. The molecule has 0 amide bonds. The van der Waals surface area contributed by atoms with E-state index in [0.29, 0.717) is 12.5 Å². The van der Waals surface area contributed by atoms with E-state index in [0.717, 1.165) is 6.67 Å². The normalized spacial score (nSPS) is 16.3. The van der Waals surface area contributed by atoms with Crippen molar-refractivity contribution >= 4 is 11.9 Å². The average molecular weight is 203 g/mol. The molecule has 2 rings (SSSR count). The van der Waals surface area contributed by atoms with Crippen molar-refractivity contribution in [3.8, 4) is 0 Å². The first-order valence-electron chi connectivity index (χ1n) is 5.28. The van der Waals surface area contributed by atoms with Crippen LogP contribution in [-0.2, 0) is 0 Å². The number of nitrogens with zero attached hydrogens (tertiary/aromatic N) is 2. The number of benzene rings is 1. The van der Waals surface area contributed by atoms with E-state index < -0.39 is 0 Å². The van der Waals surface area contributed by atoms with Gasteiger partial charge in [-0.15, -0.1) is 0 Å². The minimum Gasteiger partial charge on any atom is -0.355 e. The number of rotatable bonds is 2. The second-order valence-electron chi connectivity index (χ2n) is 4.07. The first-order valence-corrected chi connectivity index (χ1v) is 5.28. The molecule has 0 spiro atoms. The summed E-state index contributed by atoms with van der Waals surface area (Å²) in [6.45, 7) is 3.58. The molecule has 80 valence electrons. The maximum atomic E-state index is 5.73. The fraction of sp³-hybridized carbons (Fsp3) is 0.417. The van der Waals surface area contributed by atoms with Gasteiger partial charge in [0.25, 0.3) is 0 Å². The lowest BCUT2D eigenvalue weighted by Crippen LogP contribution is -2.25. The van der Waals surface area contributed by atoms with Crippen LogP contribution in [0.5, 0.6) is 0 Å². The van der Waals surface area contributed by atoms with Gasteiger partial charge >= 0.3 is 0 Å². The van der Waals surface area contributed by atoms with E-state index in [2.05, 4.69) is 42.1 Å². The van der Waals surface area contributed by atoms with Crippen LogP contribution in [0.1, 0.15) is 24.0 Å². The van der Waals surface area contributed by atoms with Gasteiger partial charge in [0, 0.05) is 18.8 Å². The largest absolute Gasteiger partial charge is 0.355 e. The van der Waals surface area contributed by atoms with Crippen molar-refractivity contribution in [2.45, 2.75) is 12.8 Å². The first-order chi connectivity index (χ1) is 7.24. The van der Waals surface area contributed by atoms with Gasteiger partial charge < -0.3 is 10.6 Å². The van der Waals surface area contributed by atoms with Crippen molar-refractivity contribution in [2.24, 2.45) is 10.7 Å². The van der Waals surface area contributed by atoms with E-state index in [4.69, 9.17) is 5.73 Å². The highest BCUT2D eigenvalue weighted by Crippen LogP contribution is 2.30. The molecular weight excluding hydrogens is 186 g/mol. The molecule has 0 aliphatic carbocycles. The number of anilines is 1. The van der Waals surface area contributed by atoms with Crippen LogP contribution in [0.3, 0.4) is 0 Å². The van der Waals surface area contributed by atoms with E-state index in [1.807, 2.05) is 6.21 Å². The number of para-hydroxylation sites is 1. The molecule has 0 saturated heterocycles. The van der Waals surface area contributed by atoms with Crippen molar-refractivity contribution in [1.82, 2.24) is 0 Å². The van der Waals surface area contributed by atoms with Crippen molar-refractivity contribution in [1.29, 1.82) is 0 Å². The van der Waals surface area contributed by atoms with Crippen LogP contribution in [-0.4, -0.2) is 26.5 Å². The highest BCUT2D eigenvalue weighted by Gasteiger charge is 2.17. The average Bonchev–Trinajstić information content (AvgIpc) is 2.28. The molecule has 1 aliphatic rings. The number of fused-ring (bicyclic) bond motifs is 1. The molecule has 2 N–H and O–H groups in total. The molecular formula is C12H17N3. The SMILES string of the molecule is C[C@H](CN)c1cccc2c1N(C)CN=C2. The molecule has 0 bridgehead atoms. The summed E-state index contributed by atoms with van der Waals surface area (Å²) in [5.41, 5.74) is 9.53. The monoisotopic (exact) mass is 203 g/mol. The molecule has 0 saturated carbocycles. The Hall–Kier alpha value is -1.35. The molecule has 1 aromatic carbocycles. The zero-order valence-corrected chi connectivity index (χ0v) is 9.27. The summed E-state index contributed by atoms with van der Waals surface area (Å²) >= 11 is 0. The van der Waals surface area contributed by atoms with E-state index in [1.165, 1.54) is 16.8 Å². The third-order valence-corrected chi connectivity index (χ3v) is 2.89. The maximum Gasteiger partial charge on any atom is 0.109 e. The zero-order chi connectivity index (χ0) is 10.8. The van der Waals surface area contributed by atoms with Crippen LogP contribution >= 0.6 is 0 Å². The molecule has 0 aromatic heterocycles. The Labute approximate surface area is 90.6 Å². The summed E-state index contributed by atoms with van der Waals surface area (Å²) in [5, 5.41) is 0. The highest BCUT2D eigenvalue weighted by molar-refractivity contribution is 5.91. The van der Waals surface area contributed by atoms with Crippen molar-refractivity contribution in [3.05, 3.63) is 29.3 Å². The van der Waals surface area contributed by atoms with Crippen molar-refractivity contribution in [3.63, 3.8) is 0 Å². The quantitative estimate of drug-likeness (QED) is 0.792. The Morgan fingerprint density at radius 2 is 2.33 bits per heavy atom. The molecule has 0 fully saturated rings. The molecule has 1 aliphatic heterocycles.